The summed E-state index contributed by atoms with van der Waals surface area (Å²) in [5.41, 5.74) is 1.66. The van der Waals surface area contributed by atoms with Crippen molar-refractivity contribution in [3.8, 4) is 17.6 Å². The van der Waals surface area contributed by atoms with Crippen molar-refractivity contribution in [3.63, 3.8) is 0 Å². The molecule has 0 bridgehead atoms. The summed E-state index contributed by atoms with van der Waals surface area (Å²) in [6, 6.07) is 13.3. The number of hydrogen-bond acceptors (Lipinski definition) is 3. The van der Waals surface area contributed by atoms with Crippen LogP contribution in [0.15, 0.2) is 42.6 Å². The zero-order valence-corrected chi connectivity index (χ0v) is 10.4. The van der Waals surface area contributed by atoms with Gasteiger partial charge in [-0.1, -0.05) is 26.0 Å². The normalized spacial score (nSPS) is 10.1. The molecule has 2 aromatic rings. The molecule has 0 saturated heterocycles. The van der Waals surface area contributed by atoms with Crippen LogP contribution in [-0.4, -0.2) is 4.98 Å². The van der Waals surface area contributed by atoms with Crippen LogP contribution in [0, 0.1) is 11.3 Å². The molecule has 0 atom stereocenters. The molecule has 3 nitrogen and oxygen atoms in total. The fourth-order valence-electron chi connectivity index (χ4n) is 1.56. The standard InChI is InChI=1S/C15H14N2O/c1-11(2)12-3-6-14(7-4-12)18-15-8-5-13(9-16)17-10-15/h3-8,10-11H,1-2H3. The zero-order chi connectivity index (χ0) is 13.0. The van der Waals surface area contributed by atoms with E-state index in [1.165, 1.54) is 5.56 Å². The number of nitrogens with zero attached hydrogens (tertiary/aromatic N) is 2. The van der Waals surface area contributed by atoms with E-state index in [1.54, 1.807) is 18.3 Å². The Balaban J connectivity index is 2.11. The number of hydrogen-bond donors (Lipinski definition) is 0. The Morgan fingerprint density at radius 2 is 1.72 bits per heavy atom. The monoisotopic (exact) mass is 238 g/mol. The topological polar surface area (TPSA) is 45.9 Å². The molecular formula is C15H14N2O. The van der Waals surface area contributed by atoms with Crippen molar-refractivity contribution in [1.29, 1.82) is 5.26 Å². The lowest BCUT2D eigenvalue weighted by Crippen LogP contribution is -1.89. The van der Waals surface area contributed by atoms with E-state index >= 15 is 0 Å². The lowest BCUT2D eigenvalue weighted by atomic mass is 10.0. The minimum atomic E-state index is 0.387. The SMILES string of the molecule is CC(C)c1ccc(Oc2ccc(C#N)nc2)cc1. The zero-order valence-electron chi connectivity index (χ0n) is 10.4. The van der Waals surface area contributed by atoms with E-state index < -0.39 is 0 Å². The van der Waals surface area contributed by atoms with Gasteiger partial charge in [0.1, 0.15) is 23.3 Å². The third kappa shape index (κ3) is 2.86. The van der Waals surface area contributed by atoms with Gasteiger partial charge in [0.05, 0.1) is 6.20 Å². The second-order valence-electron chi connectivity index (χ2n) is 4.32. The summed E-state index contributed by atoms with van der Waals surface area (Å²) in [5, 5.41) is 8.65. The maximum Gasteiger partial charge on any atom is 0.145 e. The van der Waals surface area contributed by atoms with Crippen LogP contribution in [0.25, 0.3) is 0 Å². The number of benzene rings is 1. The highest BCUT2D eigenvalue weighted by Gasteiger charge is 2.01. The molecule has 1 aromatic heterocycles. The maximum absolute atomic E-state index is 8.65. The van der Waals surface area contributed by atoms with E-state index in [9.17, 15) is 0 Å². The average Bonchev–Trinajstić information content (AvgIpc) is 2.40. The van der Waals surface area contributed by atoms with Gasteiger partial charge in [0.15, 0.2) is 0 Å². The maximum atomic E-state index is 8.65. The Kier molecular flexibility index (Phi) is 3.59. The van der Waals surface area contributed by atoms with Gasteiger partial charge >= 0.3 is 0 Å². The number of rotatable bonds is 3. The number of aromatic nitrogens is 1. The second-order valence-corrected chi connectivity index (χ2v) is 4.32. The molecule has 90 valence electrons. The van der Waals surface area contributed by atoms with Crippen LogP contribution in [0.5, 0.6) is 11.5 Å². The number of nitriles is 1. The molecule has 1 aromatic carbocycles. The summed E-state index contributed by atoms with van der Waals surface area (Å²) >= 11 is 0. The van der Waals surface area contributed by atoms with Gasteiger partial charge in [0.25, 0.3) is 0 Å². The van der Waals surface area contributed by atoms with Gasteiger partial charge in [0.2, 0.25) is 0 Å². The van der Waals surface area contributed by atoms with Gasteiger partial charge in [-0.3, -0.25) is 0 Å². The van der Waals surface area contributed by atoms with Crippen molar-refractivity contribution in [2.24, 2.45) is 0 Å². The summed E-state index contributed by atoms with van der Waals surface area (Å²) in [4.78, 5) is 3.95. The van der Waals surface area contributed by atoms with Crippen molar-refractivity contribution < 1.29 is 4.74 Å². The lowest BCUT2D eigenvalue weighted by Gasteiger charge is -2.08. The molecule has 0 amide bonds. The summed E-state index contributed by atoms with van der Waals surface area (Å²) < 4.78 is 5.64. The minimum absolute atomic E-state index is 0.387. The molecule has 1 heterocycles. The third-order valence-electron chi connectivity index (χ3n) is 2.63. The van der Waals surface area contributed by atoms with Crippen molar-refractivity contribution in [3.05, 3.63) is 53.9 Å². The first-order valence-corrected chi connectivity index (χ1v) is 5.83. The summed E-state index contributed by atoms with van der Waals surface area (Å²) in [5.74, 6) is 1.91. The third-order valence-corrected chi connectivity index (χ3v) is 2.63. The van der Waals surface area contributed by atoms with Gasteiger partial charge in [-0.25, -0.2) is 4.98 Å². The van der Waals surface area contributed by atoms with Gasteiger partial charge in [-0.2, -0.15) is 5.26 Å². The van der Waals surface area contributed by atoms with Crippen LogP contribution < -0.4 is 4.74 Å². The van der Waals surface area contributed by atoms with Crippen LogP contribution in [0.3, 0.4) is 0 Å². The highest BCUT2D eigenvalue weighted by atomic mass is 16.5. The van der Waals surface area contributed by atoms with E-state index in [-0.39, 0.29) is 0 Å². The summed E-state index contributed by atoms with van der Waals surface area (Å²) in [7, 11) is 0. The van der Waals surface area contributed by atoms with E-state index in [2.05, 4.69) is 31.0 Å². The van der Waals surface area contributed by atoms with Gasteiger partial charge < -0.3 is 4.74 Å². The van der Waals surface area contributed by atoms with Crippen LogP contribution >= 0.6 is 0 Å². The van der Waals surface area contributed by atoms with Crippen LogP contribution in [0.1, 0.15) is 31.0 Å². The second kappa shape index (κ2) is 5.33. The Morgan fingerprint density at radius 3 is 2.22 bits per heavy atom. The van der Waals surface area contributed by atoms with Crippen molar-refractivity contribution in [2.75, 3.05) is 0 Å². The Labute approximate surface area is 107 Å². The Morgan fingerprint density at radius 1 is 1.06 bits per heavy atom. The molecule has 3 heteroatoms. The fourth-order valence-corrected chi connectivity index (χ4v) is 1.56. The molecule has 2 rings (SSSR count). The molecule has 0 unspecified atom stereocenters. The van der Waals surface area contributed by atoms with E-state index in [4.69, 9.17) is 10.00 Å². The predicted molar refractivity (Wildman–Crippen MR) is 69.6 cm³/mol. The molecule has 0 aliphatic carbocycles. The molecule has 0 saturated carbocycles. The molecule has 0 aliphatic rings. The first-order chi connectivity index (χ1) is 8.69. The van der Waals surface area contributed by atoms with Crippen LogP contribution in [0.4, 0.5) is 0 Å². The smallest absolute Gasteiger partial charge is 0.145 e. The first kappa shape index (κ1) is 12.1. The number of pyridine rings is 1. The fraction of sp³-hybridized carbons (Fsp3) is 0.200. The van der Waals surface area contributed by atoms with Gasteiger partial charge in [0, 0.05) is 0 Å². The lowest BCUT2D eigenvalue weighted by molar-refractivity contribution is 0.480. The van der Waals surface area contributed by atoms with Crippen molar-refractivity contribution in [2.45, 2.75) is 19.8 Å². The van der Waals surface area contributed by atoms with Crippen LogP contribution in [0.2, 0.25) is 0 Å². The highest BCUT2D eigenvalue weighted by Crippen LogP contribution is 2.23. The van der Waals surface area contributed by atoms with Gasteiger partial charge in [-0.05, 0) is 35.7 Å². The van der Waals surface area contributed by atoms with Crippen LogP contribution in [-0.2, 0) is 0 Å². The molecule has 0 N–H and O–H groups in total. The molecule has 0 aliphatic heterocycles. The average molecular weight is 238 g/mol. The predicted octanol–water partition coefficient (Wildman–Crippen LogP) is 3.87. The molecule has 0 fully saturated rings. The molecule has 18 heavy (non-hydrogen) atoms. The summed E-state index contributed by atoms with van der Waals surface area (Å²) in [6.07, 6.45) is 1.55. The molecular weight excluding hydrogens is 224 g/mol. The van der Waals surface area contributed by atoms with E-state index in [1.807, 2.05) is 18.2 Å². The molecule has 0 spiro atoms. The minimum Gasteiger partial charge on any atom is -0.456 e. The largest absolute Gasteiger partial charge is 0.456 e. The van der Waals surface area contributed by atoms with E-state index in [0.717, 1.165) is 5.75 Å². The molecule has 0 radical (unpaired) electrons. The highest BCUT2D eigenvalue weighted by molar-refractivity contribution is 5.34. The van der Waals surface area contributed by atoms with E-state index in [0.29, 0.717) is 17.4 Å². The first-order valence-electron chi connectivity index (χ1n) is 5.83. The summed E-state index contributed by atoms with van der Waals surface area (Å²) in [6.45, 7) is 4.31. The Bertz CT molecular complexity index is 551. The number of ether oxygens (including phenoxy) is 1. The quantitative estimate of drug-likeness (QED) is 0.815. The Hall–Kier alpha value is -2.34. The van der Waals surface area contributed by atoms with Crippen molar-refractivity contribution >= 4 is 0 Å². The van der Waals surface area contributed by atoms with Crippen molar-refractivity contribution in [1.82, 2.24) is 4.98 Å². The van der Waals surface area contributed by atoms with Gasteiger partial charge in [-0.15, -0.1) is 0 Å².